The van der Waals surface area contributed by atoms with E-state index in [2.05, 4.69) is 15.5 Å². The van der Waals surface area contributed by atoms with Crippen LogP contribution in [0, 0.1) is 0 Å². The number of amides is 1. The average molecular weight is 373 g/mol. The highest BCUT2D eigenvalue weighted by atomic mass is 35.5. The molecule has 124 valence electrons. The molecule has 0 aliphatic heterocycles. The molecule has 0 bridgehead atoms. The molecule has 2 aromatic rings. The third-order valence-corrected chi connectivity index (χ3v) is 4.76. The molecule has 2 rings (SSSR count). The van der Waals surface area contributed by atoms with Gasteiger partial charge in [0.2, 0.25) is 5.91 Å². The highest BCUT2D eigenvalue weighted by Crippen LogP contribution is 2.26. The summed E-state index contributed by atoms with van der Waals surface area (Å²) in [6, 6.07) is 5.29. The molecule has 1 aromatic carbocycles. The number of carbonyl (C=O) groups excluding carboxylic acids is 1. The molecule has 5 nitrogen and oxygen atoms in total. The number of nitrogens with one attached hydrogen (secondary N) is 1. The summed E-state index contributed by atoms with van der Waals surface area (Å²) in [7, 11) is 0. The zero-order valence-electron chi connectivity index (χ0n) is 13.1. The van der Waals surface area contributed by atoms with E-state index in [1.807, 2.05) is 31.4 Å². The van der Waals surface area contributed by atoms with Crippen LogP contribution in [0.3, 0.4) is 0 Å². The Morgan fingerprint density at radius 3 is 2.74 bits per heavy atom. The number of thioether (sulfide) groups is 1. The van der Waals surface area contributed by atoms with Crippen LogP contribution in [-0.2, 0) is 4.79 Å². The van der Waals surface area contributed by atoms with Crippen LogP contribution >= 0.6 is 35.0 Å². The van der Waals surface area contributed by atoms with Crippen molar-refractivity contribution >= 4 is 40.9 Å². The highest BCUT2D eigenvalue weighted by molar-refractivity contribution is 7.99. The molecule has 1 atom stereocenters. The van der Waals surface area contributed by atoms with Crippen LogP contribution in [0.5, 0.6) is 0 Å². The standard InChI is InChI=1S/C15H18Cl2N4OS/c1-9(2)21-8-18-20-15(21)23-7-14(22)19-10(3)12-5-4-11(16)6-13(12)17/h4-6,8-10H,7H2,1-3H3,(H,19,22). The lowest BCUT2D eigenvalue weighted by molar-refractivity contribution is -0.119. The van der Waals surface area contributed by atoms with Crippen LogP contribution < -0.4 is 5.32 Å². The van der Waals surface area contributed by atoms with Crippen LogP contribution in [-0.4, -0.2) is 26.4 Å². The van der Waals surface area contributed by atoms with Crippen molar-refractivity contribution in [1.82, 2.24) is 20.1 Å². The van der Waals surface area contributed by atoms with Crippen molar-refractivity contribution < 1.29 is 4.79 Å². The molecule has 0 fully saturated rings. The van der Waals surface area contributed by atoms with Crippen molar-refractivity contribution in [1.29, 1.82) is 0 Å². The van der Waals surface area contributed by atoms with Gasteiger partial charge in [-0.05, 0) is 38.5 Å². The van der Waals surface area contributed by atoms with E-state index in [1.54, 1.807) is 18.5 Å². The summed E-state index contributed by atoms with van der Waals surface area (Å²) >= 11 is 13.4. The topological polar surface area (TPSA) is 59.8 Å². The molecular formula is C15H18Cl2N4OS. The minimum absolute atomic E-state index is 0.0909. The molecule has 0 saturated heterocycles. The summed E-state index contributed by atoms with van der Waals surface area (Å²) in [5, 5.41) is 12.7. The van der Waals surface area contributed by atoms with E-state index < -0.39 is 0 Å². The number of hydrogen-bond acceptors (Lipinski definition) is 4. The first-order valence-electron chi connectivity index (χ1n) is 7.15. The maximum absolute atomic E-state index is 12.1. The SMILES string of the molecule is CC(NC(=O)CSc1nncn1C(C)C)c1ccc(Cl)cc1Cl. The maximum atomic E-state index is 12.1. The fourth-order valence-electron chi connectivity index (χ4n) is 2.03. The Hall–Kier alpha value is -1.24. The fourth-order valence-corrected chi connectivity index (χ4v) is 3.46. The van der Waals surface area contributed by atoms with Gasteiger partial charge in [-0.25, -0.2) is 0 Å². The van der Waals surface area contributed by atoms with Gasteiger partial charge in [0.25, 0.3) is 0 Å². The second-order valence-electron chi connectivity index (χ2n) is 5.36. The molecule has 1 N–H and O–H groups in total. The van der Waals surface area contributed by atoms with Gasteiger partial charge in [-0.1, -0.05) is 41.0 Å². The third-order valence-electron chi connectivity index (χ3n) is 3.24. The summed E-state index contributed by atoms with van der Waals surface area (Å²) < 4.78 is 1.93. The van der Waals surface area contributed by atoms with E-state index in [0.717, 1.165) is 10.7 Å². The quantitative estimate of drug-likeness (QED) is 0.774. The first kappa shape index (κ1) is 18.1. The summed E-state index contributed by atoms with van der Waals surface area (Å²) in [5.41, 5.74) is 0.833. The van der Waals surface area contributed by atoms with Gasteiger partial charge < -0.3 is 9.88 Å². The summed E-state index contributed by atoms with van der Waals surface area (Å²) in [4.78, 5) is 12.1. The lowest BCUT2D eigenvalue weighted by atomic mass is 10.1. The number of aromatic nitrogens is 3. The highest BCUT2D eigenvalue weighted by Gasteiger charge is 2.15. The monoisotopic (exact) mass is 372 g/mol. The van der Waals surface area contributed by atoms with Crippen molar-refractivity contribution in [3.05, 3.63) is 40.1 Å². The van der Waals surface area contributed by atoms with Gasteiger partial charge >= 0.3 is 0 Å². The van der Waals surface area contributed by atoms with E-state index in [-0.39, 0.29) is 23.7 Å². The Labute approximate surface area is 149 Å². The Bertz CT molecular complexity index is 690. The number of nitrogens with zero attached hydrogens (tertiary/aromatic N) is 3. The minimum atomic E-state index is -0.198. The minimum Gasteiger partial charge on any atom is -0.349 e. The van der Waals surface area contributed by atoms with Crippen LogP contribution in [0.4, 0.5) is 0 Å². The predicted octanol–water partition coefficient (Wildman–Crippen LogP) is 4.14. The largest absolute Gasteiger partial charge is 0.349 e. The lowest BCUT2D eigenvalue weighted by Crippen LogP contribution is -2.28. The number of hydrogen-bond donors (Lipinski definition) is 1. The smallest absolute Gasteiger partial charge is 0.230 e. The molecular weight excluding hydrogens is 355 g/mol. The summed E-state index contributed by atoms with van der Waals surface area (Å²) in [6.07, 6.45) is 1.67. The maximum Gasteiger partial charge on any atom is 0.230 e. The molecule has 0 aliphatic rings. The molecule has 1 amide bonds. The van der Waals surface area contributed by atoms with Gasteiger partial charge in [0.05, 0.1) is 11.8 Å². The molecule has 1 aromatic heterocycles. The van der Waals surface area contributed by atoms with Gasteiger partial charge in [-0.3, -0.25) is 4.79 Å². The Kier molecular flexibility index (Phi) is 6.33. The fraction of sp³-hybridized carbons (Fsp3) is 0.400. The van der Waals surface area contributed by atoms with Gasteiger partial charge in [0.1, 0.15) is 6.33 Å². The Morgan fingerprint density at radius 2 is 2.09 bits per heavy atom. The van der Waals surface area contributed by atoms with Crippen LogP contribution in [0.1, 0.15) is 38.4 Å². The van der Waals surface area contributed by atoms with Gasteiger partial charge in [0.15, 0.2) is 5.16 Å². The first-order valence-corrected chi connectivity index (χ1v) is 8.89. The zero-order chi connectivity index (χ0) is 17.0. The summed E-state index contributed by atoms with van der Waals surface area (Å²) in [6.45, 7) is 5.96. The van der Waals surface area contributed by atoms with Crippen molar-refractivity contribution in [2.75, 3.05) is 5.75 Å². The van der Waals surface area contributed by atoms with E-state index >= 15 is 0 Å². The number of carbonyl (C=O) groups is 1. The lowest BCUT2D eigenvalue weighted by Gasteiger charge is -2.16. The molecule has 0 radical (unpaired) electrons. The first-order chi connectivity index (χ1) is 10.9. The molecule has 0 aliphatic carbocycles. The zero-order valence-corrected chi connectivity index (χ0v) is 15.4. The molecule has 23 heavy (non-hydrogen) atoms. The Morgan fingerprint density at radius 1 is 1.35 bits per heavy atom. The predicted molar refractivity (Wildman–Crippen MR) is 94.2 cm³/mol. The summed E-state index contributed by atoms with van der Waals surface area (Å²) in [5.74, 6) is 0.174. The Balaban J connectivity index is 1.93. The average Bonchev–Trinajstić information content (AvgIpc) is 2.93. The van der Waals surface area contributed by atoms with Crippen LogP contribution in [0.2, 0.25) is 10.0 Å². The van der Waals surface area contributed by atoms with Crippen molar-refractivity contribution in [2.45, 2.75) is 38.0 Å². The van der Waals surface area contributed by atoms with Gasteiger partial charge in [-0.15, -0.1) is 10.2 Å². The number of benzene rings is 1. The number of rotatable bonds is 6. The second kappa shape index (κ2) is 8.04. The van der Waals surface area contributed by atoms with E-state index in [4.69, 9.17) is 23.2 Å². The van der Waals surface area contributed by atoms with Crippen molar-refractivity contribution in [3.63, 3.8) is 0 Å². The molecule has 0 spiro atoms. The number of halogens is 2. The molecule has 8 heteroatoms. The second-order valence-corrected chi connectivity index (χ2v) is 7.14. The van der Waals surface area contributed by atoms with Gasteiger partial charge in [-0.2, -0.15) is 0 Å². The molecule has 1 unspecified atom stereocenters. The van der Waals surface area contributed by atoms with Gasteiger partial charge in [0, 0.05) is 16.1 Å². The van der Waals surface area contributed by atoms with Crippen LogP contribution in [0.15, 0.2) is 29.7 Å². The van der Waals surface area contributed by atoms with E-state index in [9.17, 15) is 4.79 Å². The van der Waals surface area contributed by atoms with E-state index in [1.165, 1.54) is 11.8 Å². The van der Waals surface area contributed by atoms with Crippen LogP contribution in [0.25, 0.3) is 0 Å². The normalized spacial score (nSPS) is 12.4. The van der Waals surface area contributed by atoms with E-state index in [0.29, 0.717) is 10.0 Å². The molecule has 0 saturated carbocycles. The molecule has 1 heterocycles. The van der Waals surface area contributed by atoms with Crippen molar-refractivity contribution in [3.8, 4) is 0 Å². The third kappa shape index (κ3) is 4.86. The van der Waals surface area contributed by atoms with Crippen molar-refractivity contribution in [2.24, 2.45) is 0 Å².